The van der Waals surface area contributed by atoms with E-state index in [1.807, 2.05) is 52.9 Å². The van der Waals surface area contributed by atoms with Crippen molar-refractivity contribution in [2.75, 3.05) is 20.6 Å². The van der Waals surface area contributed by atoms with Crippen molar-refractivity contribution in [3.8, 4) is 0 Å². The fourth-order valence-corrected chi connectivity index (χ4v) is 3.37. The van der Waals surface area contributed by atoms with Crippen LogP contribution in [0.5, 0.6) is 0 Å². The zero-order valence-corrected chi connectivity index (χ0v) is 25.5. The van der Waals surface area contributed by atoms with Gasteiger partial charge in [-0.15, -0.1) is 0 Å². The second-order valence-corrected chi connectivity index (χ2v) is 8.64. The number of allylic oxidation sites excluding steroid dienone is 1. The molecule has 1 N–H and O–H groups in total. The van der Waals surface area contributed by atoms with Gasteiger partial charge in [0, 0.05) is 31.9 Å². The van der Waals surface area contributed by atoms with Crippen LogP contribution in [0.15, 0.2) is 59.4 Å². The third-order valence-electron chi connectivity index (χ3n) is 5.25. The van der Waals surface area contributed by atoms with Crippen molar-refractivity contribution in [1.82, 2.24) is 15.3 Å². The smallest absolute Gasteiger partial charge is 0.0911 e. The Morgan fingerprint density at radius 2 is 1.64 bits per heavy atom. The number of nitrogens with one attached hydrogen (secondary N) is 1. The largest absolute Gasteiger partial charge is 0.314 e. The lowest BCUT2D eigenvalue weighted by Crippen LogP contribution is -2.21. The normalized spacial score (nSPS) is 13.4. The number of aliphatic imine (C=N–C) groups is 1. The van der Waals surface area contributed by atoms with Crippen LogP contribution in [0.3, 0.4) is 0 Å². The fourth-order valence-electron chi connectivity index (χ4n) is 3.37. The molecule has 4 nitrogen and oxygen atoms in total. The third kappa shape index (κ3) is 15.7. The van der Waals surface area contributed by atoms with Gasteiger partial charge in [0.1, 0.15) is 0 Å². The van der Waals surface area contributed by atoms with Crippen molar-refractivity contribution in [2.45, 2.75) is 106 Å². The van der Waals surface area contributed by atoms with Gasteiger partial charge in [-0.05, 0) is 50.7 Å². The first-order valence-electron chi connectivity index (χ1n) is 14.2. The zero-order chi connectivity index (χ0) is 27.9. The molecule has 3 rings (SSSR count). The number of nitrogens with zero attached hydrogens (tertiary/aromatic N) is 3. The van der Waals surface area contributed by atoms with Gasteiger partial charge in [-0.2, -0.15) is 0 Å². The number of hydrogen-bond donors (Lipinski definition) is 1. The summed E-state index contributed by atoms with van der Waals surface area (Å²) in [5.41, 5.74) is 5.74. The topological polar surface area (TPSA) is 30.6 Å². The summed E-state index contributed by atoms with van der Waals surface area (Å²) in [7, 11) is 4.04. The van der Waals surface area contributed by atoms with E-state index in [9.17, 15) is 0 Å². The molecule has 1 saturated carbocycles. The molecule has 0 bridgehead atoms. The molecule has 1 fully saturated rings. The molecule has 1 aliphatic heterocycles. The lowest BCUT2D eigenvalue weighted by molar-refractivity contribution is 0.191. The second-order valence-electron chi connectivity index (χ2n) is 8.64. The molecule has 0 saturated heterocycles. The number of hydrogen-bond acceptors (Lipinski definition) is 4. The van der Waals surface area contributed by atoms with Gasteiger partial charge in [-0.1, -0.05) is 111 Å². The molecular formula is C32H58N4. The average Bonchev–Trinajstić information content (AvgIpc) is 3.81. The van der Waals surface area contributed by atoms with Crippen LogP contribution < -0.4 is 5.32 Å². The summed E-state index contributed by atoms with van der Waals surface area (Å²) in [6.07, 6.45) is 13.4. The van der Waals surface area contributed by atoms with Crippen LogP contribution in [-0.4, -0.2) is 43.4 Å². The summed E-state index contributed by atoms with van der Waals surface area (Å²) in [6.45, 7) is 25.4. The fraction of sp³-hybridized carbons (Fsp3) is 0.594. The van der Waals surface area contributed by atoms with Crippen molar-refractivity contribution in [3.63, 3.8) is 0 Å². The van der Waals surface area contributed by atoms with Gasteiger partial charge in [0.25, 0.3) is 0 Å². The van der Waals surface area contributed by atoms with E-state index in [2.05, 4.69) is 80.6 Å². The lowest BCUT2D eigenvalue weighted by Gasteiger charge is -2.16. The SMILES string of the molecule is C=N/C=C\C(=C)C1=C(c2cccc(C)c2)N1N(C)C.CC.CC.CCCCCCC.CCNC1CC1. The maximum Gasteiger partial charge on any atom is 0.0911 e. The zero-order valence-electron chi connectivity index (χ0n) is 25.5. The molecule has 1 aromatic carbocycles. The van der Waals surface area contributed by atoms with Gasteiger partial charge < -0.3 is 5.32 Å². The van der Waals surface area contributed by atoms with Gasteiger partial charge in [0.15, 0.2) is 0 Å². The summed E-state index contributed by atoms with van der Waals surface area (Å²) in [5, 5.41) is 7.51. The summed E-state index contributed by atoms with van der Waals surface area (Å²) in [6, 6.07) is 9.37. The quantitative estimate of drug-likeness (QED) is 0.187. The summed E-state index contributed by atoms with van der Waals surface area (Å²) < 4.78 is 0. The van der Waals surface area contributed by atoms with Crippen molar-refractivity contribution >= 4 is 12.4 Å². The van der Waals surface area contributed by atoms with E-state index in [1.165, 1.54) is 61.8 Å². The first-order chi connectivity index (χ1) is 17.4. The third-order valence-corrected chi connectivity index (χ3v) is 5.25. The molecule has 0 radical (unpaired) electrons. The van der Waals surface area contributed by atoms with Gasteiger partial charge in [-0.25, -0.2) is 5.01 Å². The Hall–Kier alpha value is -2.17. The van der Waals surface area contributed by atoms with E-state index in [0.717, 1.165) is 23.9 Å². The Morgan fingerprint density at radius 1 is 1.06 bits per heavy atom. The highest BCUT2D eigenvalue weighted by Gasteiger charge is 2.37. The standard InChI is InChI=1S/C16H19N3.C7H16.C5H11N.2C2H6/c1-12-7-6-8-14(11-12)16-15(19(16)18(4)5)13(2)9-10-17-3;1-3-5-7-6-4-2;1-2-6-5-3-4-5;2*1-2/h6-11H,2-3H2,1,4-5H3;3-7H2,1-2H3;5-6H,2-4H2,1H3;2*1-2H3/b10-9-;;;;. The Balaban J connectivity index is 0. The minimum absolute atomic E-state index is 0.898. The monoisotopic (exact) mass is 498 g/mol. The van der Waals surface area contributed by atoms with Crippen LogP contribution in [0.25, 0.3) is 5.70 Å². The molecule has 0 spiro atoms. The van der Waals surface area contributed by atoms with E-state index < -0.39 is 0 Å². The van der Waals surface area contributed by atoms with Gasteiger partial charge in [0.05, 0.1) is 11.4 Å². The molecule has 1 aliphatic carbocycles. The molecule has 0 unspecified atom stereocenters. The lowest BCUT2D eigenvalue weighted by atomic mass is 10.1. The average molecular weight is 499 g/mol. The van der Waals surface area contributed by atoms with Crippen molar-refractivity contribution in [2.24, 2.45) is 4.99 Å². The Kier molecular flexibility index (Phi) is 23.2. The Bertz CT molecular complexity index is 753. The summed E-state index contributed by atoms with van der Waals surface area (Å²) in [5.74, 6) is 0. The van der Waals surface area contributed by atoms with Crippen LogP contribution >= 0.6 is 0 Å². The number of benzene rings is 1. The molecule has 206 valence electrons. The van der Waals surface area contributed by atoms with Gasteiger partial charge >= 0.3 is 0 Å². The number of aryl methyl sites for hydroxylation is 1. The predicted octanol–water partition coefficient (Wildman–Crippen LogP) is 9.01. The molecule has 2 aliphatic rings. The molecule has 0 aromatic heterocycles. The first-order valence-corrected chi connectivity index (χ1v) is 14.2. The molecule has 1 aromatic rings. The van der Waals surface area contributed by atoms with Crippen LogP contribution in [0, 0.1) is 6.92 Å². The predicted molar refractivity (Wildman–Crippen MR) is 165 cm³/mol. The summed E-state index contributed by atoms with van der Waals surface area (Å²) in [4.78, 5) is 3.72. The van der Waals surface area contributed by atoms with Crippen LogP contribution in [0.4, 0.5) is 0 Å². The summed E-state index contributed by atoms with van der Waals surface area (Å²) >= 11 is 0. The number of hydrazine groups is 1. The minimum Gasteiger partial charge on any atom is -0.314 e. The van der Waals surface area contributed by atoms with Crippen LogP contribution in [-0.2, 0) is 0 Å². The Morgan fingerprint density at radius 3 is 2.03 bits per heavy atom. The van der Waals surface area contributed by atoms with E-state index >= 15 is 0 Å². The Labute approximate surface area is 225 Å². The minimum atomic E-state index is 0.898. The maximum absolute atomic E-state index is 4.08. The molecule has 1 heterocycles. The highest BCUT2D eigenvalue weighted by Crippen LogP contribution is 2.45. The molecule has 4 heteroatoms. The van der Waals surface area contributed by atoms with E-state index in [-0.39, 0.29) is 0 Å². The van der Waals surface area contributed by atoms with Crippen molar-refractivity contribution in [1.29, 1.82) is 0 Å². The van der Waals surface area contributed by atoms with Gasteiger partial charge in [0.2, 0.25) is 0 Å². The maximum atomic E-state index is 4.08. The highest BCUT2D eigenvalue weighted by molar-refractivity contribution is 5.84. The van der Waals surface area contributed by atoms with Crippen LogP contribution in [0.1, 0.15) is 105 Å². The molecule has 0 amide bonds. The molecular weight excluding hydrogens is 440 g/mol. The van der Waals surface area contributed by atoms with Crippen molar-refractivity contribution in [3.05, 3.63) is 65.5 Å². The van der Waals surface area contributed by atoms with E-state index in [1.54, 1.807) is 6.20 Å². The molecule has 36 heavy (non-hydrogen) atoms. The number of unbranched alkanes of at least 4 members (excludes halogenated alkanes) is 4. The second kappa shape index (κ2) is 23.2. The van der Waals surface area contributed by atoms with Crippen molar-refractivity contribution < 1.29 is 0 Å². The van der Waals surface area contributed by atoms with E-state index in [4.69, 9.17) is 0 Å². The van der Waals surface area contributed by atoms with E-state index in [0.29, 0.717) is 0 Å². The van der Waals surface area contributed by atoms with Gasteiger partial charge in [-0.3, -0.25) is 10.0 Å². The highest BCUT2D eigenvalue weighted by atomic mass is 15.7. The molecule has 0 atom stereocenters. The van der Waals surface area contributed by atoms with Crippen LogP contribution in [0.2, 0.25) is 0 Å². The number of rotatable bonds is 11. The first kappa shape index (κ1) is 36.0.